The number of nitrogens with two attached hydrogens (primary N) is 2. The first-order valence-corrected chi connectivity index (χ1v) is 11.5. The van der Waals surface area contributed by atoms with Gasteiger partial charge in [-0.2, -0.15) is 8.42 Å². The number of carbonyl (C=O) groups is 2. The molecule has 0 radical (unpaired) electrons. The number of amides is 1. The maximum atomic E-state index is 13.1. The van der Waals surface area contributed by atoms with Crippen molar-refractivity contribution < 1.29 is 23.1 Å². The minimum absolute atomic E-state index is 0.0698. The zero-order valence-electron chi connectivity index (χ0n) is 17.7. The summed E-state index contributed by atoms with van der Waals surface area (Å²) in [6, 6.07) is 21.5. The Kier molecular flexibility index (Phi) is 5.91. The van der Waals surface area contributed by atoms with Crippen molar-refractivity contribution in [2.45, 2.75) is 10.9 Å². The summed E-state index contributed by atoms with van der Waals surface area (Å²) in [5, 5.41) is 11.0. The average Bonchev–Trinajstić information content (AvgIpc) is 3.09. The van der Waals surface area contributed by atoms with E-state index in [9.17, 15) is 23.1 Å². The van der Waals surface area contributed by atoms with E-state index in [-0.39, 0.29) is 21.9 Å². The topological polar surface area (TPSA) is 156 Å². The van der Waals surface area contributed by atoms with Crippen LogP contribution in [0.2, 0.25) is 0 Å². The Morgan fingerprint density at radius 3 is 1.97 bits per heavy atom. The van der Waals surface area contributed by atoms with E-state index in [1.165, 1.54) is 29.2 Å². The number of Topliss-reactive ketones (excluding diaryl/α,β-unsaturated/α-hetero) is 1. The SMILES string of the molecule is NC(N)=NS(=O)(=O)c1ccc(N2C(=O)C(=O)/C(=C(/O)c3ccccc3)C2c2ccccc2)cc1. The molecule has 9 nitrogen and oxygen atoms in total. The van der Waals surface area contributed by atoms with Crippen LogP contribution >= 0.6 is 0 Å². The van der Waals surface area contributed by atoms with Gasteiger partial charge in [-0.05, 0) is 29.8 Å². The van der Waals surface area contributed by atoms with Gasteiger partial charge in [-0.1, -0.05) is 60.7 Å². The van der Waals surface area contributed by atoms with Gasteiger partial charge in [-0.15, -0.1) is 4.40 Å². The second-order valence-electron chi connectivity index (χ2n) is 7.43. The zero-order chi connectivity index (χ0) is 24.5. The van der Waals surface area contributed by atoms with Gasteiger partial charge in [0.25, 0.3) is 21.7 Å². The molecule has 1 aliphatic heterocycles. The van der Waals surface area contributed by atoms with Gasteiger partial charge in [0, 0.05) is 11.3 Å². The molecular formula is C24H20N4O5S. The third-order valence-corrected chi connectivity index (χ3v) is 6.56. The minimum Gasteiger partial charge on any atom is -0.507 e. The maximum Gasteiger partial charge on any atom is 0.300 e. The molecule has 1 saturated heterocycles. The molecule has 1 unspecified atom stereocenters. The van der Waals surface area contributed by atoms with Crippen LogP contribution in [0.3, 0.4) is 0 Å². The first-order chi connectivity index (χ1) is 16.2. The molecule has 3 aromatic carbocycles. The summed E-state index contributed by atoms with van der Waals surface area (Å²) < 4.78 is 27.7. The van der Waals surface area contributed by atoms with E-state index in [0.29, 0.717) is 11.1 Å². The fraction of sp³-hybridized carbons (Fsp3) is 0.0417. The molecule has 3 aromatic rings. The normalized spacial score (nSPS) is 17.5. The quantitative estimate of drug-likeness (QED) is 0.168. The van der Waals surface area contributed by atoms with Crippen molar-refractivity contribution in [3.05, 3.63) is 102 Å². The maximum absolute atomic E-state index is 13.1. The Labute approximate surface area is 195 Å². The standard InChI is InChI=1S/C24H20N4O5S/c25-24(26)27-34(32,33)18-13-11-17(12-14-18)28-20(15-7-3-1-4-8-15)19(22(30)23(28)31)21(29)16-9-5-2-6-10-16/h1-14,20,29H,(H4,25,26,27)/b21-19+. The lowest BCUT2D eigenvalue weighted by atomic mass is 9.95. The van der Waals surface area contributed by atoms with Crippen molar-refractivity contribution in [2.24, 2.45) is 15.9 Å². The highest BCUT2D eigenvalue weighted by Gasteiger charge is 2.46. The number of guanidine groups is 1. The van der Waals surface area contributed by atoms with Crippen molar-refractivity contribution >= 4 is 39.1 Å². The highest BCUT2D eigenvalue weighted by molar-refractivity contribution is 7.90. The summed E-state index contributed by atoms with van der Waals surface area (Å²) in [5.74, 6) is -2.62. The predicted octanol–water partition coefficient (Wildman–Crippen LogP) is 2.28. The Morgan fingerprint density at radius 1 is 0.853 bits per heavy atom. The largest absolute Gasteiger partial charge is 0.507 e. The van der Waals surface area contributed by atoms with Crippen LogP contribution in [-0.2, 0) is 19.6 Å². The molecule has 1 aliphatic rings. The molecule has 1 fully saturated rings. The molecule has 4 rings (SSSR count). The third-order valence-electron chi connectivity index (χ3n) is 5.25. The second-order valence-corrected chi connectivity index (χ2v) is 9.04. The van der Waals surface area contributed by atoms with Crippen LogP contribution in [0.15, 0.2) is 99.8 Å². The number of sulfonamides is 1. The van der Waals surface area contributed by atoms with Gasteiger partial charge < -0.3 is 16.6 Å². The van der Waals surface area contributed by atoms with Crippen LogP contribution in [0, 0.1) is 0 Å². The first-order valence-electron chi connectivity index (χ1n) is 10.1. The Hall–Kier alpha value is -4.44. The molecule has 1 atom stereocenters. The zero-order valence-corrected chi connectivity index (χ0v) is 18.5. The minimum atomic E-state index is -4.13. The number of benzene rings is 3. The van der Waals surface area contributed by atoms with Crippen LogP contribution < -0.4 is 16.4 Å². The molecule has 1 heterocycles. The Balaban J connectivity index is 1.86. The number of ketones is 1. The number of aliphatic hydroxyl groups is 1. The number of hydrogen-bond donors (Lipinski definition) is 3. The molecular weight excluding hydrogens is 456 g/mol. The van der Waals surface area contributed by atoms with Crippen molar-refractivity contribution in [3.63, 3.8) is 0 Å². The number of nitrogens with zero attached hydrogens (tertiary/aromatic N) is 2. The molecule has 10 heteroatoms. The number of hydrogen-bond acceptors (Lipinski definition) is 5. The fourth-order valence-electron chi connectivity index (χ4n) is 3.77. The van der Waals surface area contributed by atoms with Gasteiger partial charge in [-0.3, -0.25) is 14.5 Å². The van der Waals surface area contributed by atoms with Gasteiger partial charge >= 0.3 is 0 Å². The van der Waals surface area contributed by atoms with E-state index in [1.54, 1.807) is 60.7 Å². The monoisotopic (exact) mass is 476 g/mol. The van der Waals surface area contributed by atoms with E-state index in [1.807, 2.05) is 0 Å². The lowest BCUT2D eigenvalue weighted by Gasteiger charge is -2.25. The molecule has 34 heavy (non-hydrogen) atoms. The van der Waals surface area contributed by atoms with Gasteiger partial charge in [-0.25, -0.2) is 0 Å². The number of aliphatic hydroxyl groups excluding tert-OH is 1. The van der Waals surface area contributed by atoms with Crippen LogP contribution in [0.4, 0.5) is 5.69 Å². The van der Waals surface area contributed by atoms with Gasteiger partial charge in [0.2, 0.25) is 5.96 Å². The smallest absolute Gasteiger partial charge is 0.300 e. The second kappa shape index (κ2) is 8.83. The van der Waals surface area contributed by atoms with Crippen molar-refractivity contribution in [2.75, 3.05) is 4.90 Å². The molecule has 172 valence electrons. The third kappa shape index (κ3) is 4.14. The van der Waals surface area contributed by atoms with E-state index >= 15 is 0 Å². The van der Waals surface area contributed by atoms with Crippen LogP contribution in [0.5, 0.6) is 0 Å². The average molecular weight is 477 g/mol. The first kappa shape index (κ1) is 22.7. The molecule has 1 amide bonds. The molecule has 5 N–H and O–H groups in total. The summed E-state index contributed by atoms with van der Waals surface area (Å²) in [4.78, 5) is 27.2. The lowest BCUT2D eigenvalue weighted by Crippen LogP contribution is -2.29. The Bertz CT molecular complexity index is 1410. The van der Waals surface area contributed by atoms with Gasteiger partial charge in [0.05, 0.1) is 16.5 Å². The summed E-state index contributed by atoms with van der Waals surface area (Å²) in [6.07, 6.45) is 0. The molecule has 0 aromatic heterocycles. The molecule has 0 aliphatic carbocycles. The van der Waals surface area contributed by atoms with E-state index in [2.05, 4.69) is 4.40 Å². The highest BCUT2D eigenvalue weighted by atomic mass is 32.2. The summed E-state index contributed by atoms with van der Waals surface area (Å²) in [7, 11) is -4.13. The van der Waals surface area contributed by atoms with E-state index < -0.39 is 33.7 Å². The molecule has 0 saturated carbocycles. The highest BCUT2D eigenvalue weighted by Crippen LogP contribution is 2.42. The molecule has 0 spiro atoms. The van der Waals surface area contributed by atoms with E-state index in [0.717, 1.165) is 0 Å². The van der Waals surface area contributed by atoms with Crippen LogP contribution in [0.25, 0.3) is 5.76 Å². The van der Waals surface area contributed by atoms with Gasteiger partial charge in [0.1, 0.15) is 5.76 Å². The predicted molar refractivity (Wildman–Crippen MR) is 127 cm³/mol. The lowest BCUT2D eigenvalue weighted by molar-refractivity contribution is -0.132. The fourth-order valence-corrected chi connectivity index (χ4v) is 4.63. The summed E-state index contributed by atoms with van der Waals surface area (Å²) in [5.41, 5.74) is 11.5. The number of anilines is 1. The number of carbonyl (C=O) groups excluding carboxylic acids is 2. The van der Waals surface area contributed by atoms with Crippen molar-refractivity contribution in [1.82, 2.24) is 0 Å². The number of rotatable bonds is 5. The van der Waals surface area contributed by atoms with Crippen LogP contribution in [-0.4, -0.2) is 31.2 Å². The summed E-state index contributed by atoms with van der Waals surface area (Å²) in [6.45, 7) is 0. The molecule has 0 bridgehead atoms. The van der Waals surface area contributed by atoms with Gasteiger partial charge in [0.15, 0.2) is 0 Å². The van der Waals surface area contributed by atoms with Crippen molar-refractivity contribution in [3.8, 4) is 0 Å². The van der Waals surface area contributed by atoms with Crippen molar-refractivity contribution in [1.29, 1.82) is 0 Å². The van der Waals surface area contributed by atoms with E-state index in [4.69, 9.17) is 11.5 Å². The Morgan fingerprint density at radius 2 is 1.41 bits per heavy atom. The van der Waals surface area contributed by atoms with Crippen LogP contribution in [0.1, 0.15) is 17.2 Å². The summed E-state index contributed by atoms with van der Waals surface area (Å²) >= 11 is 0.